The van der Waals surface area contributed by atoms with Crippen LogP contribution in [0.1, 0.15) is 75.0 Å². The van der Waals surface area contributed by atoms with Gasteiger partial charge in [0, 0.05) is 11.6 Å². The molecule has 17 heavy (non-hydrogen) atoms. The van der Waals surface area contributed by atoms with Crippen molar-refractivity contribution in [2.75, 3.05) is 0 Å². The molecule has 1 heterocycles. The van der Waals surface area contributed by atoms with E-state index < -0.39 is 0 Å². The summed E-state index contributed by atoms with van der Waals surface area (Å²) in [4.78, 5) is 11.1. The highest BCUT2D eigenvalue weighted by molar-refractivity contribution is 5.76. The molecule has 0 atom stereocenters. The predicted octanol–water partition coefficient (Wildman–Crippen LogP) is 3.50. The first-order valence-corrected chi connectivity index (χ1v) is 6.57. The van der Waals surface area contributed by atoms with Crippen molar-refractivity contribution in [1.82, 2.24) is 9.78 Å². The lowest BCUT2D eigenvalue weighted by atomic mass is 9.90. The van der Waals surface area contributed by atoms with Crippen LogP contribution in [0.5, 0.6) is 0 Å². The monoisotopic (exact) mass is 234 g/mol. The fraction of sp³-hybridized carbons (Fsp3) is 0.714. The Balaban J connectivity index is 2.30. The number of rotatable bonds is 2. The summed E-state index contributed by atoms with van der Waals surface area (Å²) in [6.07, 6.45) is 9.17. The topological polar surface area (TPSA) is 34.9 Å². The van der Waals surface area contributed by atoms with E-state index in [0.29, 0.717) is 6.04 Å². The average Bonchev–Trinajstić information content (AvgIpc) is 2.74. The standard InChI is InChI=1S/C14H22N2O/c1-14(2,3)13-11(10-17)9-16(15-13)12-7-5-4-6-8-12/h9-10,12H,4-8H2,1-3H3. The molecule has 2 rings (SSSR count). The molecular weight excluding hydrogens is 212 g/mol. The fourth-order valence-corrected chi connectivity index (χ4v) is 2.61. The highest BCUT2D eigenvalue weighted by atomic mass is 16.1. The zero-order chi connectivity index (χ0) is 12.5. The van der Waals surface area contributed by atoms with Gasteiger partial charge >= 0.3 is 0 Å². The molecule has 0 saturated heterocycles. The maximum absolute atomic E-state index is 11.1. The van der Waals surface area contributed by atoms with Gasteiger partial charge in [0.15, 0.2) is 6.29 Å². The molecule has 0 unspecified atom stereocenters. The van der Waals surface area contributed by atoms with Crippen LogP contribution in [-0.4, -0.2) is 16.1 Å². The van der Waals surface area contributed by atoms with Gasteiger partial charge in [-0.15, -0.1) is 0 Å². The Morgan fingerprint density at radius 1 is 1.29 bits per heavy atom. The number of carbonyl (C=O) groups excluding carboxylic acids is 1. The van der Waals surface area contributed by atoms with Crippen molar-refractivity contribution in [2.45, 2.75) is 64.3 Å². The van der Waals surface area contributed by atoms with E-state index in [9.17, 15) is 4.79 Å². The van der Waals surface area contributed by atoms with Crippen LogP contribution in [0.4, 0.5) is 0 Å². The largest absolute Gasteiger partial charge is 0.298 e. The lowest BCUT2D eigenvalue weighted by Gasteiger charge is -2.22. The van der Waals surface area contributed by atoms with E-state index in [2.05, 4.69) is 25.9 Å². The maximum atomic E-state index is 11.1. The summed E-state index contributed by atoms with van der Waals surface area (Å²) < 4.78 is 2.03. The molecule has 0 bridgehead atoms. The summed E-state index contributed by atoms with van der Waals surface area (Å²) in [5.74, 6) is 0. The van der Waals surface area contributed by atoms with Gasteiger partial charge in [-0.25, -0.2) is 0 Å². The molecule has 1 aromatic heterocycles. The molecule has 0 aromatic carbocycles. The van der Waals surface area contributed by atoms with E-state index in [0.717, 1.165) is 17.5 Å². The fourth-order valence-electron chi connectivity index (χ4n) is 2.61. The quantitative estimate of drug-likeness (QED) is 0.734. The van der Waals surface area contributed by atoms with Crippen LogP contribution in [0.2, 0.25) is 0 Å². The summed E-state index contributed by atoms with van der Waals surface area (Å²) in [5.41, 5.74) is 1.62. The molecule has 3 nitrogen and oxygen atoms in total. The minimum atomic E-state index is -0.0594. The smallest absolute Gasteiger partial charge is 0.153 e. The molecule has 0 spiro atoms. The van der Waals surface area contributed by atoms with Crippen LogP contribution >= 0.6 is 0 Å². The lowest BCUT2D eigenvalue weighted by molar-refractivity contribution is 0.112. The second-order valence-corrected chi connectivity index (χ2v) is 6.07. The first kappa shape index (κ1) is 12.3. The summed E-state index contributed by atoms with van der Waals surface area (Å²) in [6, 6.07) is 0.499. The van der Waals surface area contributed by atoms with Gasteiger partial charge in [0.2, 0.25) is 0 Å². The number of hydrogen-bond donors (Lipinski definition) is 0. The summed E-state index contributed by atoms with van der Waals surface area (Å²) in [6.45, 7) is 6.31. The van der Waals surface area contributed by atoms with Gasteiger partial charge in [-0.2, -0.15) is 5.10 Å². The molecule has 1 fully saturated rings. The molecule has 3 heteroatoms. The van der Waals surface area contributed by atoms with Gasteiger partial charge in [-0.1, -0.05) is 40.0 Å². The molecule has 1 aliphatic carbocycles. The zero-order valence-electron chi connectivity index (χ0n) is 11.1. The van der Waals surface area contributed by atoms with Crippen LogP contribution in [0.3, 0.4) is 0 Å². The van der Waals surface area contributed by atoms with Gasteiger partial charge in [-0.05, 0) is 12.8 Å². The third-order valence-corrected chi connectivity index (χ3v) is 3.55. The van der Waals surface area contributed by atoms with Crippen molar-refractivity contribution in [2.24, 2.45) is 0 Å². The summed E-state index contributed by atoms with van der Waals surface area (Å²) >= 11 is 0. The van der Waals surface area contributed by atoms with E-state index in [4.69, 9.17) is 0 Å². The Morgan fingerprint density at radius 2 is 1.94 bits per heavy atom. The Morgan fingerprint density at radius 3 is 2.41 bits per heavy atom. The molecule has 94 valence electrons. The normalized spacial score (nSPS) is 18.3. The summed E-state index contributed by atoms with van der Waals surface area (Å²) in [5, 5.41) is 4.66. The number of carbonyl (C=O) groups is 1. The third-order valence-electron chi connectivity index (χ3n) is 3.55. The van der Waals surface area contributed by atoms with Crippen molar-refractivity contribution in [3.63, 3.8) is 0 Å². The second-order valence-electron chi connectivity index (χ2n) is 6.07. The van der Waals surface area contributed by atoms with E-state index in [1.54, 1.807) is 0 Å². The van der Waals surface area contributed by atoms with Crippen LogP contribution in [0, 0.1) is 0 Å². The third kappa shape index (κ3) is 2.59. The Bertz CT molecular complexity index is 395. The molecular formula is C14H22N2O. The molecule has 1 aliphatic rings. The predicted molar refractivity (Wildman–Crippen MR) is 68.4 cm³/mol. The number of aromatic nitrogens is 2. The number of hydrogen-bond acceptors (Lipinski definition) is 2. The molecule has 0 radical (unpaired) electrons. The van der Waals surface area contributed by atoms with Gasteiger partial charge < -0.3 is 0 Å². The van der Waals surface area contributed by atoms with E-state index in [-0.39, 0.29) is 5.41 Å². The van der Waals surface area contributed by atoms with Crippen LogP contribution in [-0.2, 0) is 5.41 Å². The number of aldehydes is 1. The van der Waals surface area contributed by atoms with Crippen LogP contribution in [0.15, 0.2) is 6.20 Å². The number of nitrogens with zero attached hydrogens (tertiary/aromatic N) is 2. The molecule has 1 aromatic rings. The van der Waals surface area contributed by atoms with Crippen molar-refractivity contribution in [3.05, 3.63) is 17.5 Å². The van der Waals surface area contributed by atoms with Crippen molar-refractivity contribution in [1.29, 1.82) is 0 Å². The Labute approximate surface area is 103 Å². The van der Waals surface area contributed by atoms with Gasteiger partial charge in [0.1, 0.15) is 0 Å². The lowest BCUT2D eigenvalue weighted by Crippen LogP contribution is -2.17. The van der Waals surface area contributed by atoms with E-state index in [1.807, 2.05) is 10.9 Å². The Hall–Kier alpha value is -1.12. The minimum absolute atomic E-state index is 0.0594. The van der Waals surface area contributed by atoms with Crippen molar-refractivity contribution < 1.29 is 4.79 Å². The van der Waals surface area contributed by atoms with Gasteiger partial charge in [0.25, 0.3) is 0 Å². The first-order valence-electron chi connectivity index (χ1n) is 6.57. The van der Waals surface area contributed by atoms with Crippen molar-refractivity contribution >= 4 is 6.29 Å². The zero-order valence-corrected chi connectivity index (χ0v) is 11.1. The minimum Gasteiger partial charge on any atom is -0.298 e. The molecule has 0 amide bonds. The van der Waals surface area contributed by atoms with Gasteiger partial charge in [0.05, 0.1) is 17.3 Å². The Kier molecular flexibility index (Phi) is 3.36. The SMILES string of the molecule is CC(C)(C)c1nn(C2CCCCC2)cc1C=O. The van der Waals surface area contributed by atoms with E-state index in [1.165, 1.54) is 32.1 Å². The maximum Gasteiger partial charge on any atom is 0.153 e. The van der Waals surface area contributed by atoms with E-state index >= 15 is 0 Å². The molecule has 0 aliphatic heterocycles. The van der Waals surface area contributed by atoms with Crippen molar-refractivity contribution in [3.8, 4) is 0 Å². The van der Waals surface area contributed by atoms with Gasteiger partial charge in [-0.3, -0.25) is 9.48 Å². The van der Waals surface area contributed by atoms with Crippen LogP contribution in [0.25, 0.3) is 0 Å². The molecule has 0 N–H and O–H groups in total. The first-order chi connectivity index (χ1) is 8.02. The average molecular weight is 234 g/mol. The summed E-state index contributed by atoms with van der Waals surface area (Å²) in [7, 11) is 0. The highest BCUT2D eigenvalue weighted by Crippen LogP contribution is 2.30. The highest BCUT2D eigenvalue weighted by Gasteiger charge is 2.24. The molecule has 1 saturated carbocycles. The van der Waals surface area contributed by atoms with Crippen LogP contribution < -0.4 is 0 Å². The second kappa shape index (κ2) is 4.63.